The van der Waals surface area contributed by atoms with Crippen LogP contribution in [0.25, 0.3) is 0 Å². The number of hydrogen-bond donors (Lipinski definition) is 2. The highest BCUT2D eigenvalue weighted by Crippen LogP contribution is 2.22. The molecule has 0 radical (unpaired) electrons. The van der Waals surface area contributed by atoms with E-state index in [9.17, 15) is 9.59 Å². The van der Waals surface area contributed by atoms with Gasteiger partial charge in [-0.3, -0.25) is 4.79 Å². The fraction of sp³-hybridized carbons (Fsp3) is 0.714. The first kappa shape index (κ1) is 8.83. The minimum absolute atomic E-state index is 0.203. The Morgan fingerprint density at radius 1 is 1.75 bits per heavy atom. The Kier molecular flexibility index (Phi) is 1.95. The molecule has 0 unspecified atom stereocenters. The molecule has 1 saturated heterocycles. The molecule has 1 fully saturated rings. The van der Waals surface area contributed by atoms with Crippen LogP contribution in [-0.2, 0) is 9.53 Å². The fourth-order valence-corrected chi connectivity index (χ4v) is 0.945. The van der Waals surface area contributed by atoms with Crippen LogP contribution in [0.1, 0.15) is 13.8 Å². The summed E-state index contributed by atoms with van der Waals surface area (Å²) in [4.78, 5) is 21.6. The van der Waals surface area contributed by atoms with E-state index in [4.69, 9.17) is 5.73 Å². The normalized spacial score (nSPS) is 23.2. The van der Waals surface area contributed by atoms with E-state index < -0.39 is 17.4 Å². The van der Waals surface area contributed by atoms with Gasteiger partial charge in [0.15, 0.2) is 0 Å². The highest BCUT2D eigenvalue weighted by atomic mass is 16.6. The zero-order chi connectivity index (χ0) is 9.35. The van der Waals surface area contributed by atoms with Gasteiger partial charge in [-0.1, -0.05) is 0 Å². The number of hydrogen-bond acceptors (Lipinski definition) is 3. The fourth-order valence-electron chi connectivity index (χ4n) is 0.945. The van der Waals surface area contributed by atoms with Gasteiger partial charge in [-0.15, -0.1) is 0 Å². The van der Waals surface area contributed by atoms with Gasteiger partial charge in [-0.25, -0.2) is 4.79 Å². The molecule has 5 heteroatoms. The number of nitrogens with one attached hydrogen (secondary N) is 1. The maximum atomic E-state index is 10.9. The molecule has 1 aliphatic rings. The highest BCUT2D eigenvalue weighted by Gasteiger charge is 2.40. The van der Waals surface area contributed by atoms with Crippen LogP contribution in [-0.4, -0.2) is 24.6 Å². The van der Waals surface area contributed by atoms with Gasteiger partial charge >= 0.3 is 6.09 Å². The first-order chi connectivity index (χ1) is 5.44. The van der Waals surface area contributed by atoms with Gasteiger partial charge in [-0.05, 0) is 13.8 Å². The van der Waals surface area contributed by atoms with Crippen molar-refractivity contribution in [3.05, 3.63) is 0 Å². The van der Waals surface area contributed by atoms with Gasteiger partial charge in [0.25, 0.3) is 0 Å². The summed E-state index contributed by atoms with van der Waals surface area (Å²) in [6.07, 6.45) is -0.491. The standard InChI is InChI=1S/C7H12N2O3/c1-7(2,5(8)10)4-3-12-6(11)9-4/h4H,3H2,1-2H3,(H2,8,10)(H,9,11)/t4-/m1/s1. The summed E-state index contributed by atoms with van der Waals surface area (Å²) in [6.45, 7) is 3.55. The first-order valence-electron chi connectivity index (χ1n) is 3.68. The van der Waals surface area contributed by atoms with Crippen molar-refractivity contribution in [2.75, 3.05) is 6.61 Å². The second kappa shape index (κ2) is 2.66. The Balaban J connectivity index is 2.70. The molecule has 12 heavy (non-hydrogen) atoms. The molecular weight excluding hydrogens is 160 g/mol. The topological polar surface area (TPSA) is 81.4 Å². The molecule has 0 saturated carbocycles. The smallest absolute Gasteiger partial charge is 0.407 e. The number of rotatable bonds is 2. The number of nitrogens with two attached hydrogens (primary N) is 1. The van der Waals surface area contributed by atoms with Gasteiger partial charge in [0, 0.05) is 0 Å². The second-order valence-electron chi connectivity index (χ2n) is 3.38. The summed E-state index contributed by atoms with van der Waals surface area (Å²) < 4.78 is 4.64. The number of primary amides is 1. The third-order valence-corrected chi connectivity index (χ3v) is 2.18. The van der Waals surface area contributed by atoms with Crippen molar-refractivity contribution in [1.82, 2.24) is 5.32 Å². The van der Waals surface area contributed by atoms with Crippen LogP contribution in [0, 0.1) is 5.41 Å². The first-order valence-corrected chi connectivity index (χ1v) is 3.68. The van der Waals surface area contributed by atoms with Crippen molar-refractivity contribution in [3.63, 3.8) is 0 Å². The lowest BCUT2D eigenvalue weighted by Gasteiger charge is -2.25. The minimum Gasteiger partial charge on any atom is -0.447 e. The lowest BCUT2D eigenvalue weighted by molar-refractivity contribution is -0.127. The van der Waals surface area contributed by atoms with Gasteiger partial charge in [-0.2, -0.15) is 0 Å². The maximum absolute atomic E-state index is 10.9. The van der Waals surface area contributed by atoms with Crippen LogP contribution < -0.4 is 11.1 Å². The van der Waals surface area contributed by atoms with Gasteiger partial charge in [0.2, 0.25) is 5.91 Å². The third kappa shape index (κ3) is 1.34. The number of carbonyl (C=O) groups excluding carboxylic acids is 2. The molecule has 0 bridgehead atoms. The summed E-state index contributed by atoms with van der Waals surface area (Å²) in [5, 5.41) is 2.51. The molecule has 2 amide bonds. The van der Waals surface area contributed by atoms with Crippen LogP contribution >= 0.6 is 0 Å². The molecule has 1 rings (SSSR count). The van der Waals surface area contributed by atoms with E-state index in [0.29, 0.717) is 0 Å². The maximum Gasteiger partial charge on any atom is 0.407 e. The average molecular weight is 172 g/mol. The molecule has 1 heterocycles. The molecular formula is C7H12N2O3. The van der Waals surface area contributed by atoms with E-state index in [1.165, 1.54) is 0 Å². The summed E-state index contributed by atoms with van der Waals surface area (Å²) in [7, 11) is 0. The van der Waals surface area contributed by atoms with Crippen LogP contribution in [0.5, 0.6) is 0 Å². The largest absolute Gasteiger partial charge is 0.447 e. The van der Waals surface area contributed by atoms with Crippen molar-refractivity contribution < 1.29 is 14.3 Å². The van der Waals surface area contributed by atoms with Gasteiger partial charge < -0.3 is 15.8 Å². The van der Waals surface area contributed by atoms with E-state index in [1.54, 1.807) is 13.8 Å². The average Bonchev–Trinajstić information content (AvgIpc) is 2.35. The molecule has 0 aromatic carbocycles. The molecule has 68 valence electrons. The van der Waals surface area contributed by atoms with Crippen LogP contribution in [0.3, 0.4) is 0 Å². The Morgan fingerprint density at radius 3 is 2.67 bits per heavy atom. The Hall–Kier alpha value is -1.26. The Labute approximate surface area is 70.2 Å². The van der Waals surface area contributed by atoms with Crippen molar-refractivity contribution in [3.8, 4) is 0 Å². The lowest BCUT2D eigenvalue weighted by Crippen LogP contribution is -2.48. The zero-order valence-electron chi connectivity index (χ0n) is 7.09. The third-order valence-electron chi connectivity index (χ3n) is 2.18. The lowest BCUT2D eigenvalue weighted by atomic mass is 9.84. The summed E-state index contributed by atoms with van der Waals surface area (Å²) in [5.41, 5.74) is 4.39. The van der Waals surface area contributed by atoms with E-state index >= 15 is 0 Å². The highest BCUT2D eigenvalue weighted by molar-refractivity contribution is 5.82. The second-order valence-corrected chi connectivity index (χ2v) is 3.38. The van der Waals surface area contributed by atoms with Crippen LogP contribution in [0.15, 0.2) is 0 Å². The molecule has 1 atom stereocenters. The monoisotopic (exact) mass is 172 g/mol. The zero-order valence-corrected chi connectivity index (χ0v) is 7.09. The molecule has 3 N–H and O–H groups in total. The van der Waals surface area contributed by atoms with Crippen LogP contribution in [0.2, 0.25) is 0 Å². The number of ether oxygens (including phenoxy) is 1. The van der Waals surface area contributed by atoms with Gasteiger partial charge in [0.05, 0.1) is 11.5 Å². The molecule has 5 nitrogen and oxygen atoms in total. The molecule has 0 aromatic heterocycles. The molecule has 0 aromatic rings. The minimum atomic E-state index is -0.758. The quantitative estimate of drug-likeness (QED) is 0.595. The molecule has 0 spiro atoms. The van der Waals surface area contributed by atoms with Crippen molar-refractivity contribution >= 4 is 12.0 Å². The van der Waals surface area contributed by atoms with E-state index in [2.05, 4.69) is 10.1 Å². The van der Waals surface area contributed by atoms with Crippen molar-refractivity contribution in [1.29, 1.82) is 0 Å². The number of amides is 2. The number of alkyl carbamates (subject to hydrolysis) is 1. The van der Waals surface area contributed by atoms with Crippen molar-refractivity contribution in [2.45, 2.75) is 19.9 Å². The predicted molar refractivity (Wildman–Crippen MR) is 41.2 cm³/mol. The molecule has 0 aliphatic carbocycles. The Bertz CT molecular complexity index is 225. The van der Waals surface area contributed by atoms with E-state index in [1.807, 2.05) is 0 Å². The predicted octanol–water partition coefficient (Wildman–Crippen LogP) is -0.394. The number of carbonyl (C=O) groups is 2. The van der Waals surface area contributed by atoms with E-state index in [0.717, 1.165) is 0 Å². The summed E-state index contributed by atoms with van der Waals surface area (Å²) in [6, 6.07) is -0.317. The SMILES string of the molecule is CC(C)(C(N)=O)[C@H]1COC(=O)N1. The molecule has 1 aliphatic heterocycles. The van der Waals surface area contributed by atoms with Crippen LogP contribution in [0.4, 0.5) is 4.79 Å². The van der Waals surface area contributed by atoms with E-state index in [-0.39, 0.29) is 12.6 Å². The summed E-state index contributed by atoms with van der Waals surface area (Å²) >= 11 is 0. The Morgan fingerprint density at radius 2 is 2.33 bits per heavy atom. The van der Waals surface area contributed by atoms with Gasteiger partial charge in [0.1, 0.15) is 6.61 Å². The number of cyclic esters (lactones) is 1. The summed E-state index contributed by atoms with van der Waals surface area (Å²) in [5.74, 6) is -0.446. The van der Waals surface area contributed by atoms with Crippen molar-refractivity contribution in [2.24, 2.45) is 11.1 Å².